The number of hydrogen-bond donors (Lipinski definition) is 1. The summed E-state index contributed by atoms with van der Waals surface area (Å²) in [6.07, 6.45) is 2.49. The number of benzene rings is 1. The summed E-state index contributed by atoms with van der Waals surface area (Å²) in [4.78, 5) is 4.32. The van der Waals surface area contributed by atoms with Crippen LogP contribution in [0.2, 0.25) is 0 Å². The first-order chi connectivity index (χ1) is 9.86. The fourth-order valence-corrected chi connectivity index (χ4v) is 2.15. The number of nitrogens with two attached hydrogens (primary N) is 1. The van der Waals surface area contributed by atoms with E-state index >= 15 is 0 Å². The summed E-state index contributed by atoms with van der Waals surface area (Å²) in [5.74, 6) is 1.44. The minimum atomic E-state index is 0.0832. The predicted octanol–water partition coefficient (Wildman–Crippen LogP) is 4.06. The Bertz CT molecular complexity index is 583. The molecule has 2 rings (SSSR count). The normalized spacial score (nSPS) is 13.0. The molecule has 2 N–H and O–H groups in total. The summed E-state index contributed by atoms with van der Waals surface area (Å²) in [6, 6.07) is 12.2. The molecule has 3 heteroatoms. The molecule has 1 heterocycles. The van der Waals surface area contributed by atoms with E-state index in [1.54, 1.807) is 6.20 Å². The highest BCUT2D eigenvalue weighted by atomic mass is 16.5. The molecule has 0 amide bonds. The van der Waals surface area contributed by atoms with Gasteiger partial charge in [-0.2, -0.15) is 0 Å². The molecule has 0 saturated carbocycles. The summed E-state index contributed by atoms with van der Waals surface area (Å²) in [5.41, 5.74) is 8.33. The molecule has 112 valence electrons. The molecule has 0 radical (unpaired) electrons. The van der Waals surface area contributed by atoms with Crippen LogP contribution in [-0.2, 0) is 11.8 Å². The second-order valence-electron chi connectivity index (χ2n) is 6.53. The number of rotatable bonds is 4. The molecular formula is C18H24N2O. The van der Waals surface area contributed by atoms with Gasteiger partial charge in [-0.25, -0.2) is 4.98 Å². The number of pyridine rings is 1. The van der Waals surface area contributed by atoms with Crippen LogP contribution in [0.15, 0.2) is 42.6 Å². The van der Waals surface area contributed by atoms with E-state index in [-0.39, 0.29) is 11.5 Å². The molecule has 0 aliphatic carbocycles. The molecule has 21 heavy (non-hydrogen) atoms. The summed E-state index contributed by atoms with van der Waals surface area (Å²) < 4.78 is 5.91. The number of aromatic nitrogens is 1. The third-order valence-corrected chi connectivity index (χ3v) is 3.33. The van der Waals surface area contributed by atoms with Gasteiger partial charge in [0.2, 0.25) is 5.88 Å². The first kappa shape index (κ1) is 15.5. The van der Waals surface area contributed by atoms with Gasteiger partial charge < -0.3 is 10.5 Å². The van der Waals surface area contributed by atoms with Gasteiger partial charge >= 0.3 is 0 Å². The van der Waals surface area contributed by atoms with Crippen molar-refractivity contribution in [1.29, 1.82) is 0 Å². The van der Waals surface area contributed by atoms with Gasteiger partial charge in [-0.15, -0.1) is 0 Å². The minimum Gasteiger partial charge on any atom is -0.439 e. The standard InChI is InChI=1S/C18H24N2O/c1-13(19)12-14-6-5-11-20-17(14)21-16-9-7-15(8-10-16)18(2,3)4/h5-11,13H,12,19H2,1-4H3. The quantitative estimate of drug-likeness (QED) is 0.921. The van der Waals surface area contributed by atoms with Crippen molar-refractivity contribution in [3.05, 3.63) is 53.7 Å². The van der Waals surface area contributed by atoms with E-state index in [1.165, 1.54) is 5.56 Å². The van der Waals surface area contributed by atoms with Gasteiger partial charge in [-0.1, -0.05) is 39.0 Å². The summed E-state index contributed by atoms with van der Waals surface area (Å²) in [6.45, 7) is 8.57. The number of hydrogen-bond acceptors (Lipinski definition) is 3. The Hall–Kier alpha value is -1.87. The van der Waals surface area contributed by atoms with Crippen LogP contribution in [0.3, 0.4) is 0 Å². The average molecular weight is 284 g/mol. The van der Waals surface area contributed by atoms with E-state index in [0.717, 1.165) is 17.7 Å². The molecule has 2 aromatic rings. The highest BCUT2D eigenvalue weighted by Crippen LogP contribution is 2.27. The third-order valence-electron chi connectivity index (χ3n) is 3.33. The van der Waals surface area contributed by atoms with Crippen molar-refractivity contribution in [2.24, 2.45) is 5.73 Å². The molecule has 0 aliphatic heterocycles. The first-order valence-corrected chi connectivity index (χ1v) is 7.34. The Labute approximate surface area is 127 Å². The van der Waals surface area contributed by atoms with Crippen LogP contribution in [0.1, 0.15) is 38.8 Å². The lowest BCUT2D eigenvalue weighted by molar-refractivity contribution is 0.453. The van der Waals surface area contributed by atoms with Crippen molar-refractivity contribution in [1.82, 2.24) is 4.98 Å². The summed E-state index contributed by atoms with van der Waals surface area (Å²) >= 11 is 0. The van der Waals surface area contributed by atoms with Crippen molar-refractivity contribution in [3.63, 3.8) is 0 Å². The SMILES string of the molecule is CC(N)Cc1cccnc1Oc1ccc(C(C)(C)C)cc1. The van der Waals surface area contributed by atoms with Crippen molar-refractivity contribution in [2.45, 2.75) is 45.6 Å². The van der Waals surface area contributed by atoms with Crippen LogP contribution in [0.5, 0.6) is 11.6 Å². The van der Waals surface area contributed by atoms with Crippen molar-refractivity contribution in [2.75, 3.05) is 0 Å². The van der Waals surface area contributed by atoms with Gasteiger partial charge in [0.15, 0.2) is 0 Å². The maximum Gasteiger partial charge on any atom is 0.222 e. The molecule has 0 saturated heterocycles. The molecule has 0 spiro atoms. The second-order valence-corrected chi connectivity index (χ2v) is 6.53. The van der Waals surface area contributed by atoms with Crippen molar-refractivity contribution in [3.8, 4) is 11.6 Å². The van der Waals surface area contributed by atoms with E-state index in [0.29, 0.717) is 5.88 Å². The Morgan fingerprint density at radius 1 is 1.14 bits per heavy atom. The molecule has 0 fully saturated rings. The average Bonchev–Trinajstić information content (AvgIpc) is 2.40. The van der Waals surface area contributed by atoms with Gasteiger partial charge in [-0.05, 0) is 42.5 Å². The maximum atomic E-state index is 5.91. The van der Waals surface area contributed by atoms with Crippen LogP contribution in [0.4, 0.5) is 0 Å². The highest BCUT2D eigenvalue weighted by molar-refractivity contribution is 5.35. The number of ether oxygens (including phenoxy) is 1. The molecule has 1 aromatic carbocycles. The fourth-order valence-electron chi connectivity index (χ4n) is 2.15. The van der Waals surface area contributed by atoms with Gasteiger partial charge in [-0.3, -0.25) is 0 Å². The lowest BCUT2D eigenvalue weighted by Crippen LogP contribution is -2.18. The van der Waals surface area contributed by atoms with Crippen molar-refractivity contribution < 1.29 is 4.74 Å². The Balaban J connectivity index is 2.19. The molecular weight excluding hydrogens is 260 g/mol. The zero-order valence-corrected chi connectivity index (χ0v) is 13.3. The van der Waals surface area contributed by atoms with Gasteiger partial charge in [0.05, 0.1) is 0 Å². The van der Waals surface area contributed by atoms with E-state index in [9.17, 15) is 0 Å². The maximum absolute atomic E-state index is 5.91. The largest absolute Gasteiger partial charge is 0.439 e. The fraction of sp³-hybridized carbons (Fsp3) is 0.389. The summed E-state index contributed by atoms with van der Waals surface area (Å²) in [7, 11) is 0. The van der Waals surface area contributed by atoms with Crippen LogP contribution < -0.4 is 10.5 Å². The Morgan fingerprint density at radius 3 is 2.38 bits per heavy atom. The smallest absolute Gasteiger partial charge is 0.222 e. The molecule has 1 atom stereocenters. The lowest BCUT2D eigenvalue weighted by atomic mass is 9.87. The van der Waals surface area contributed by atoms with E-state index in [4.69, 9.17) is 10.5 Å². The van der Waals surface area contributed by atoms with Gasteiger partial charge in [0, 0.05) is 17.8 Å². The topological polar surface area (TPSA) is 48.1 Å². The molecule has 1 unspecified atom stereocenters. The third kappa shape index (κ3) is 4.30. The van der Waals surface area contributed by atoms with Crippen LogP contribution in [0, 0.1) is 0 Å². The van der Waals surface area contributed by atoms with Gasteiger partial charge in [0.1, 0.15) is 5.75 Å². The molecule has 0 bridgehead atoms. The minimum absolute atomic E-state index is 0.0832. The van der Waals surface area contributed by atoms with E-state index < -0.39 is 0 Å². The number of nitrogens with zero attached hydrogens (tertiary/aromatic N) is 1. The van der Waals surface area contributed by atoms with E-state index in [2.05, 4.69) is 37.9 Å². The molecule has 3 nitrogen and oxygen atoms in total. The molecule has 1 aromatic heterocycles. The monoisotopic (exact) mass is 284 g/mol. The van der Waals surface area contributed by atoms with Gasteiger partial charge in [0.25, 0.3) is 0 Å². The van der Waals surface area contributed by atoms with Crippen LogP contribution in [-0.4, -0.2) is 11.0 Å². The van der Waals surface area contributed by atoms with Crippen molar-refractivity contribution >= 4 is 0 Å². The second kappa shape index (κ2) is 6.27. The highest BCUT2D eigenvalue weighted by Gasteiger charge is 2.14. The summed E-state index contributed by atoms with van der Waals surface area (Å²) in [5, 5.41) is 0. The van der Waals surface area contributed by atoms with Crippen LogP contribution in [0.25, 0.3) is 0 Å². The molecule has 0 aliphatic rings. The zero-order chi connectivity index (χ0) is 15.5. The Kier molecular flexibility index (Phi) is 4.63. The van der Waals surface area contributed by atoms with Crippen LogP contribution >= 0.6 is 0 Å². The van der Waals surface area contributed by atoms with E-state index in [1.807, 2.05) is 31.2 Å². The predicted molar refractivity (Wildman–Crippen MR) is 86.8 cm³/mol. The lowest BCUT2D eigenvalue weighted by Gasteiger charge is -2.19. The zero-order valence-electron chi connectivity index (χ0n) is 13.3. The Morgan fingerprint density at radius 2 is 1.81 bits per heavy atom. The first-order valence-electron chi connectivity index (χ1n) is 7.34.